The van der Waals surface area contributed by atoms with Crippen molar-refractivity contribution in [2.45, 2.75) is 24.8 Å². The normalized spacial score (nSPS) is 15.7. The van der Waals surface area contributed by atoms with Crippen LogP contribution in [0.4, 0.5) is 0 Å². The number of nitrogens with two attached hydrogens (primary N) is 1. The maximum absolute atomic E-state index is 6.47. The molecule has 4 heteroatoms. The van der Waals surface area contributed by atoms with E-state index in [1.807, 2.05) is 36.5 Å². The molecule has 2 N–H and O–H groups in total. The second-order valence-corrected chi connectivity index (χ2v) is 7.04. The summed E-state index contributed by atoms with van der Waals surface area (Å²) in [7, 11) is 0. The molecule has 0 aliphatic heterocycles. The van der Waals surface area contributed by atoms with Crippen LogP contribution in [-0.4, -0.2) is 14.5 Å². The highest BCUT2D eigenvalue weighted by molar-refractivity contribution is 5.79. The van der Waals surface area contributed by atoms with E-state index in [0.29, 0.717) is 0 Å². The van der Waals surface area contributed by atoms with Gasteiger partial charge in [-0.3, -0.25) is 4.57 Å². The Kier molecular flexibility index (Phi) is 3.40. The molecule has 1 aliphatic rings. The van der Waals surface area contributed by atoms with Crippen molar-refractivity contribution in [2.75, 3.05) is 0 Å². The molecule has 1 saturated carbocycles. The van der Waals surface area contributed by atoms with Crippen molar-refractivity contribution in [3.63, 3.8) is 0 Å². The molecular formula is C22H20N4. The molecule has 0 unspecified atom stereocenters. The monoisotopic (exact) mass is 340 g/mol. The van der Waals surface area contributed by atoms with Gasteiger partial charge in [0.05, 0.1) is 0 Å². The van der Waals surface area contributed by atoms with Crippen LogP contribution >= 0.6 is 0 Å². The minimum Gasteiger partial charge on any atom is -0.321 e. The highest BCUT2D eigenvalue weighted by Gasteiger charge is 2.34. The summed E-state index contributed by atoms with van der Waals surface area (Å²) in [6, 6.07) is 22.7. The van der Waals surface area contributed by atoms with Crippen LogP contribution in [0.15, 0.2) is 72.9 Å². The molecule has 2 heterocycles. The molecule has 1 fully saturated rings. The van der Waals surface area contributed by atoms with Gasteiger partial charge in [0, 0.05) is 23.0 Å². The van der Waals surface area contributed by atoms with Crippen molar-refractivity contribution in [3.8, 4) is 17.1 Å². The number of fused-ring (bicyclic) bond motifs is 1. The van der Waals surface area contributed by atoms with E-state index in [2.05, 4.69) is 45.9 Å². The quantitative estimate of drug-likeness (QED) is 0.600. The molecule has 0 atom stereocenters. The Morgan fingerprint density at radius 2 is 1.65 bits per heavy atom. The lowest BCUT2D eigenvalue weighted by atomic mass is 9.73. The maximum atomic E-state index is 6.47. The standard InChI is InChI=1S/C22H20N4/c23-22(13-5-14-22)17-9-11-18(12-10-17)26-20(16-6-2-1-3-7-16)25-19-8-4-15-24-21(19)26/h1-4,6-12,15H,5,13-14,23H2. The third-order valence-electron chi connectivity index (χ3n) is 5.39. The number of hydrogen-bond acceptors (Lipinski definition) is 3. The van der Waals surface area contributed by atoms with Gasteiger partial charge in [0.1, 0.15) is 11.3 Å². The second kappa shape index (κ2) is 5.78. The van der Waals surface area contributed by atoms with E-state index in [0.717, 1.165) is 41.1 Å². The number of aromatic nitrogens is 3. The van der Waals surface area contributed by atoms with Crippen molar-refractivity contribution in [1.29, 1.82) is 0 Å². The van der Waals surface area contributed by atoms with E-state index in [1.54, 1.807) is 0 Å². The molecule has 2 aromatic heterocycles. The molecular weight excluding hydrogens is 320 g/mol. The van der Waals surface area contributed by atoms with Crippen molar-refractivity contribution in [2.24, 2.45) is 5.73 Å². The molecule has 26 heavy (non-hydrogen) atoms. The van der Waals surface area contributed by atoms with Crippen LogP contribution in [0.3, 0.4) is 0 Å². The summed E-state index contributed by atoms with van der Waals surface area (Å²) in [6.45, 7) is 0. The molecule has 4 nitrogen and oxygen atoms in total. The van der Waals surface area contributed by atoms with Gasteiger partial charge in [-0.25, -0.2) is 9.97 Å². The first-order valence-electron chi connectivity index (χ1n) is 9.03. The summed E-state index contributed by atoms with van der Waals surface area (Å²) in [5.41, 5.74) is 11.4. The maximum Gasteiger partial charge on any atom is 0.164 e. The second-order valence-electron chi connectivity index (χ2n) is 7.04. The van der Waals surface area contributed by atoms with Gasteiger partial charge < -0.3 is 5.73 Å². The third-order valence-corrected chi connectivity index (χ3v) is 5.39. The Bertz CT molecular complexity index is 1060. The number of benzene rings is 2. The lowest BCUT2D eigenvalue weighted by molar-refractivity contribution is 0.253. The molecule has 0 spiro atoms. The first-order valence-corrected chi connectivity index (χ1v) is 9.03. The molecule has 4 aromatic rings. The lowest BCUT2D eigenvalue weighted by Gasteiger charge is -2.38. The van der Waals surface area contributed by atoms with Crippen LogP contribution in [0.2, 0.25) is 0 Å². The molecule has 5 rings (SSSR count). The SMILES string of the molecule is NC1(c2ccc(-n3c(-c4ccccc4)nc4cccnc43)cc2)CCC1. The molecule has 1 aliphatic carbocycles. The average Bonchev–Trinajstić information content (AvgIpc) is 3.06. The summed E-state index contributed by atoms with van der Waals surface area (Å²) in [5, 5.41) is 0. The first-order chi connectivity index (χ1) is 12.7. The number of rotatable bonds is 3. The summed E-state index contributed by atoms with van der Waals surface area (Å²) < 4.78 is 2.12. The van der Waals surface area contributed by atoms with E-state index in [-0.39, 0.29) is 5.54 Å². The minimum atomic E-state index is -0.143. The van der Waals surface area contributed by atoms with Gasteiger partial charge in [-0.05, 0) is 49.1 Å². The van der Waals surface area contributed by atoms with Crippen LogP contribution in [0.5, 0.6) is 0 Å². The Labute approximate surface area is 152 Å². The van der Waals surface area contributed by atoms with E-state index in [1.165, 1.54) is 12.0 Å². The fourth-order valence-corrected chi connectivity index (χ4v) is 3.73. The van der Waals surface area contributed by atoms with Gasteiger partial charge in [-0.15, -0.1) is 0 Å². The van der Waals surface area contributed by atoms with Gasteiger partial charge in [0.15, 0.2) is 5.65 Å². The molecule has 0 radical (unpaired) electrons. The van der Waals surface area contributed by atoms with Crippen LogP contribution in [0, 0.1) is 0 Å². The third kappa shape index (κ3) is 2.34. The number of imidazole rings is 1. The predicted octanol–water partition coefficient (Wildman–Crippen LogP) is 4.43. The number of hydrogen-bond donors (Lipinski definition) is 1. The smallest absolute Gasteiger partial charge is 0.164 e. The minimum absolute atomic E-state index is 0.143. The van der Waals surface area contributed by atoms with E-state index >= 15 is 0 Å². The van der Waals surface area contributed by atoms with Crippen LogP contribution < -0.4 is 5.73 Å². The van der Waals surface area contributed by atoms with E-state index in [9.17, 15) is 0 Å². The first kappa shape index (κ1) is 15.3. The van der Waals surface area contributed by atoms with Crippen molar-refractivity contribution < 1.29 is 0 Å². The summed E-state index contributed by atoms with van der Waals surface area (Å²) >= 11 is 0. The van der Waals surface area contributed by atoms with Crippen molar-refractivity contribution in [1.82, 2.24) is 14.5 Å². The van der Waals surface area contributed by atoms with Gasteiger partial charge in [0.25, 0.3) is 0 Å². The zero-order valence-electron chi connectivity index (χ0n) is 14.5. The highest BCUT2D eigenvalue weighted by Crippen LogP contribution is 2.39. The van der Waals surface area contributed by atoms with Gasteiger partial charge in [-0.2, -0.15) is 0 Å². The summed E-state index contributed by atoms with van der Waals surface area (Å²) in [6.07, 6.45) is 5.16. The fourth-order valence-electron chi connectivity index (χ4n) is 3.73. The van der Waals surface area contributed by atoms with E-state index in [4.69, 9.17) is 10.7 Å². The van der Waals surface area contributed by atoms with Crippen molar-refractivity contribution >= 4 is 11.2 Å². The molecule has 128 valence electrons. The average molecular weight is 340 g/mol. The van der Waals surface area contributed by atoms with Crippen LogP contribution in [-0.2, 0) is 5.54 Å². The fraction of sp³-hybridized carbons (Fsp3) is 0.182. The molecule has 0 saturated heterocycles. The topological polar surface area (TPSA) is 56.7 Å². The molecule has 0 bridgehead atoms. The van der Waals surface area contributed by atoms with Crippen LogP contribution in [0.25, 0.3) is 28.2 Å². The summed E-state index contributed by atoms with van der Waals surface area (Å²) in [5.74, 6) is 0.901. The zero-order chi connectivity index (χ0) is 17.6. The Morgan fingerprint density at radius 3 is 2.35 bits per heavy atom. The highest BCUT2D eigenvalue weighted by atomic mass is 15.1. The Hall–Kier alpha value is -2.98. The Balaban J connectivity index is 1.68. The van der Waals surface area contributed by atoms with Gasteiger partial charge in [0.2, 0.25) is 0 Å². The van der Waals surface area contributed by atoms with E-state index < -0.39 is 0 Å². The predicted molar refractivity (Wildman–Crippen MR) is 104 cm³/mol. The number of pyridine rings is 1. The molecule has 0 amide bonds. The Morgan fingerprint density at radius 1 is 0.885 bits per heavy atom. The summed E-state index contributed by atoms with van der Waals surface area (Å²) in [4.78, 5) is 9.41. The number of nitrogens with zero attached hydrogens (tertiary/aromatic N) is 3. The van der Waals surface area contributed by atoms with Crippen molar-refractivity contribution in [3.05, 3.63) is 78.5 Å². The molecule has 2 aromatic carbocycles. The zero-order valence-corrected chi connectivity index (χ0v) is 14.5. The largest absolute Gasteiger partial charge is 0.321 e. The van der Waals surface area contributed by atoms with Crippen LogP contribution in [0.1, 0.15) is 24.8 Å². The lowest BCUT2D eigenvalue weighted by Crippen LogP contribution is -2.43. The van der Waals surface area contributed by atoms with Gasteiger partial charge >= 0.3 is 0 Å². The van der Waals surface area contributed by atoms with Gasteiger partial charge in [-0.1, -0.05) is 42.5 Å².